The second kappa shape index (κ2) is 14.3. The lowest BCUT2D eigenvalue weighted by Gasteiger charge is -2.20. The number of allylic oxidation sites excluding steroid dienone is 1. The van der Waals surface area contributed by atoms with Crippen molar-refractivity contribution in [2.75, 3.05) is 6.26 Å². The molecule has 0 aliphatic heterocycles. The lowest BCUT2D eigenvalue weighted by molar-refractivity contribution is -0.116. The van der Waals surface area contributed by atoms with Crippen molar-refractivity contribution in [1.29, 1.82) is 0 Å². The van der Waals surface area contributed by atoms with Crippen LogP contribution in [0.5, 0.6) is 5.75 Å². The Labute approximate surface area is 218 Å². The molecule has 2 N–H and O–H groups in total. The van der Waals surface area contributed by atoms with Crippen molar-refractivity contribution < 1.29 is 14.3 Å². The molecule has 2 aromatic carbocycles. The van der Waals surface area contributed by atoms with Crippen molar-refractivity contribution in [2.24, 2.45) is 0 Å². The zero-order valence-corrected chi connectivity index (χ0v) is 22.5. The number of rotatable bonds is 9. The fourth-order valence-corrected chi connectivity index (χ4v) is 4.25. The van der Waals surface area contributed by atoms with Crippen molar-refractivity contribution >= 4 is 29.3 Å². The number of nitrogens with one attached hydrogen (secondary N) is 1. The van der Waals surface area contributed by atoms with Crippen LogP contribution >= 0.6 is 11.8 Å². The molecule has 0 spiro atoms. The molecule has 0 fully saturated rings. The van der Waals surface area contributed by atoms with Gasteiger partial charge in [-0.05, 0) is 67.6 Å². The molecule has 1 heterocycles. The summed E-state index contributed by atoms with van der Waals surface area (Å²) in [6.07, 6.45) is 9.80. The summed E-state index contributed by atoms with van der Waals surface area (Å²) >= 11 is 1.46. The Bertz CT molecular complexity index is 1190. The summed E-state index contributed by atoms with van der Waals surface area (Å²) in [5, 5.41) is 17.6. The maximum Gasteiger partial charge on any atom is 0.252 e. The second-order valence-electron chi connectivity index (χ2n) is 8.19. The average Bonchev–Trinajstić information content (AvgIpc) is 3.29. The van der Waals surface area contributed by atoms with E-state index in [1.807, 2.05) is 18.4 Å². The average molecular weight is 510 g/mol. The molecule has 192 valence electrons. The van der Waals surface area contributed by atoms with E-state index in [0.29, 0.717) is 22.5 Å². The van der Waals surface area contributed by atoms with Crippen LogP contribution in [0, 0.1) is 5.82 Å². The smallest absolute Gasteiger partial charge is 0.252 e. The van der Waals surface area contributed by atoms with Gasteiger partial charge < -0.3 is 10.4 Å². The first-order valence-electron chi connectivity index (χ1n) is 12.2. The van der Waals surface area contributed by atoms with Gasteiger partial charge in [-0.1, -0.05) is 52.3 Å². The van der Waals surface area contributed by atoms with Crippen LogP contribution in [0.4, 0.5) is 4.39 Å². The number of phenols is 1. The standard InChI is InChI=1S/C26H28FN3O2S.C3H8/c1-5-8-22(17-9-14-24(31)25(15-17)33-4)29-26(32)20(6-2)21-16-28-30(23(21)7-3)19-12-10-18(27)11-13-19;1-3-2/h6-7,9-16,22,31H,3,5,8H2,1-2,4H3,(H,29,32);3H2,1-2H3/b20-6+;/t22-;/m1./s1. The van der Waals surface area contributed by atoms with Gasteiger partial charge in [0.2, 0.25) is 0 Å². The summed E-state index contributed by atoms with van der Waals surface area (Å²) in [5.74, 6) is -0.331. The number of benzene rings is 2. The number of hydrogen-bond acceptors (Lipinski definition) is 4. The van der Waals surface area contributed by atoms with E-state index >= 15 is 0 Å². The summed E-state index contributed by atoms with van der Waals surface area (Å²) in [5.41, 5.74) is 3.37. The molecule has 0 saturated carbocycles. The Morgan fingerprint density at radius 2 is 1.89 bits per heavy atom. The summed E-state index contributed by atoms with van der Waals surface area (Å²) in [6.45, 7) is 12.0. The molecule has 5 nitrogen and oxygen atoms in total. The Morgan fingerprint density at radius 1 is 1.22 bits per heavy atom. The molecular formula is C29H36FN3O2S. The minimum atomic E-state index is -0.333. The van der Waals surface area contributed by atoms with Gasteiger partial charge in [0.05, 0.1) is 23.6 Å². The molecule has 1 atom stereocenters. The van der Waals surface area contributed by atoms with E-state index in [0.717, 1.165) is 23.3 Å². The van der Waals surface area contributed by atoms with Gasteiger partial charge in [-0.15, -0.1) is 11.8 Å². The number of carbonyl (C=O) groups is 1. The van der Waals surface area contributed by atoms with E-state index in [-0.39, 0.29) is 23.5 Å². The molecule has 0 aliphatic rings. The van der Waals surface area contributed by atoms with Gasteiger partial charge >= 0.3 is 0 Å². The quantitative estimate of drug-likeness (QED) is 0.231. The SMILES string of the molecule is C=Cc1c(/C(=C\C)C(=O)N[C@H](CCC)c2ccc(O)c(SC)c2)cnn1-c1ccc(F)cc1.CCC. The number of halogens is 1. The topological polar surface area (TPSA) is 67.2 Å². The molecule has 0 radical (unpaired) electrons. The predicted octanol–water partition coefficient (Wildman–Crippen LogP) is 7.56. The van der Waals surface area contributed by atoms with Crippen molar-refractivity contribution in [3.63, 3.8) is 0 Å². The van der Waals surface area contributed by atoms with Crippen LogP contribution in [0.15, 0.2) is 66.2 Å². The second-order valence-corrected chi connectivity index (χ2v) is 9.04. The highest BCUT2D eigenvalue weighted by Gasteiger charge is 2.22. The van der Waals surface area contributed by atoms with Crippen LogP contribution in [-0.4, -0.2) is 27.0 Å². The number of phenolic OH excluding ortho intramolecular Hbond substituents is 1. The van der Waals surface area contributed by atoms with Crippen LogP contribution in [-0.2, 0) is 4.79 Å². The molecule has 1 amide bonds. The summed E-state index contributed by atoms with van der Waals surface area (Å²) in [6, 6.07) is 11.2. The number of hydrogen-bond donors (Lipinski definition) is 2. The molecule has 1 aromatic heterocycles. The highest BCUT2D eigenvalue weighted by molar-refractivity contribution is 7.98. The van der Waals surface area contributed by atoms with E-state index in [1.54, 1.807) is 48.2 Å². The van der Waals surface area contributed by atoms with Crippen LogP contribution in [0.1, 0.15) is 69.8 Å². The Hall–Kier alpha value is -3.32. The van der Waals surface area contributed by atoms with Crippen LogP contribution < -0.4 is 5.32 Å². The van der Waals surface area contributed by atoms with E-state index < -0.39 is 0 Å². The highest BCUT2D eigenvalue weighted by atomic mass is 32.2. The maximum atomic E-state index is 13.4. The lowest BCUT2D eigenvalue weighted by atomic mass is 10.00. The van der Waals surface area contributed by atoms with Crippen LogP contribution in [0.2, 0.25) is 0 Å². The first kappa shape index (κ1) is 28.9. The molecule has 7 heteroatoms. The first-order valence-corrected chi connectivity index (χ1v) is 13.4. The summed E-state index contributed by atoms with van der Waals surface area (Å²) < 4.78 is 15.0. The molecule has 3 aromatic rings. The lowest BCUT2D eigenvalue weighted by Crippen LogP contribution is -2.29. The number of aromatic hydroxyl groups is 1. The van der Waals surface area contributed by atoms with Gasteiger partial charge in [0.15, 0.2) is 0 Å². The summed E-state index contributed by atoms with van der Waals surface area (Å²) in [4.78, 5) is 14.1. The number of aromatic nitrogens is 2. The normalized spacial score (nSPS) is 11.9. The van der Waals surface area contributed by atoms with Gasteiger partial charge in [-0.3, -0.25) is 4.79 Å². The van der Waals surface area contributed by atoms with Crippen LogP contribution in [0.25, 0.3) is 17.3 Å². The van der Waals surface area contributed by atoms with Crippen molar-refractivity contribution in [3.8, 4) is 11.4 Å². The van der Waals surface area contributed by atoms with E-state index in [1.165, 1.54) is 30.3 Å². The maximum absolute atomic E-state index is 13.4. The van der Waals surface area contributed by atoms with Gasteiger partial charge in [-0.25, -0.2) is 9.07 Å². The summed E-state index contributed by atoms with van der Waals surface area (Å²) in [7, 11) is 0. The van der Waals surface area contributed by atoms with E-state index in [9.17, 15) is 14.3 Å². The predicted molar refractivity (Wildman–Crippen MR) is 149 cm³/mol. The van der Waals surface area contributed by atoms with E-state index in [2.05, 4.69) is 37.8 Å². The van der Waals surface area contributed by atoms with Crippen LogP contribution in [0.3, 0.4) is 0 Å². The zero-order valence-electron chi connectivity index (χ0n) is 21.7. The molecule has 36 heavy (non-hydrogen) atoms. The third kappa shape index (κ3) is 7.10. The largest absolute Gasteiger partial charge is 0.507 e. The Balaban J connectivity index is 0.00000145. The van der Waals surface area contributed by atoms with Gasteiger partial charge in [0.25, 0.3) is 5.91 Å². The van der Waals surface area contributed by atoms with Crippen molar-refractivity contribution in [2.45, 2.75) is 57.9 Å². The minimum absolute atomic E-state index is 0.205. The van der Waals surface area contributed by atoms with Gasteiger partial charge in [-0.2, -0.15) is 5.10 Å². The molecule has 0 bridgehead atoms. The molecule has 0 saturated heterocycles. The number of carbonyl (C=O) groups excluding carboxylic acids is 1. The Morgan fingerprint density at radius 3 is 2.44 bits per heavy atom. The van der Waals surface area contributed by atoms with Crippen molar-refractivity contribution in [1.82, 2.24) is 15.1 Å². The first-order chi connectivity index (χ1) is 17.3. The van der Waals surface area contributed by atoms with E-state index in [4.69, 9.17) is 0 Å². The van der Waals surface area contributed by atoms with Crippen molar-refractivity contribution in [3.05, 3.63) is 84.0 Å². The number of amides is 1. The molecular weight excluding hydrogens is 473 g/mol. The number of nitrogens with zero attached hydrogens (tertiary/aromatic N) is 2. The third-order valence-electron chi connectivity index (χ3n) is 5.38. The minimum Gasteiger partial charge on any atom is -0.507 e. The monoisotopic (exact) mass is 509 g/mol. The highest BCUT2D eigenvalue weighted by Crippen LogP contribution is 2.31. The fraction of sp³-hybridized carbons (Fsp3) is 0.310. The van der Waals surface area contributed by atoms with Gasteiger partial charge in [0.1, 0.15) is 11.6 Å². The Kier molecular flexibility index (Phi) is 11.5. The fourth-order valence-electron chi connectivity index (χ4n) is 3.72. The van der Waals surface area contributed by atoms with Gasteiger partial charge in [0, 0.05) is 16.0 Å². The molecule has 0 aliphatic carbocycles. The number of thioether (sulfide) groups is 1. The zero-order chi connectivity index (χ0) is 26.7. The molecule has 0 unspecified atom stereocenters. The third-order valence-corrected chi connectivity index (χ3v) is 6.15. The molecule has 3 rings (SSSR count).